The molecule has 0 saturated heterocycles. The van der Waals surface area contributed by atoms with E-state index < -0.39 is 6.61 Å². The summed E-state index contributed by atoms with van der Waals surface area (Å²) in [4.78, 5) is 11.8. The van der Waals surface area contributed by atoms with E-state index in [2.05, 4.69) is 10.1 Å². The lowest BCUT2D eigenvalue weighted by atomic mass is 10.0. The van der Waals surface area contributed by atoms with E-state index in [1.807, 2.05) is 0 Å². The molecule has 0 aromatic heterocycles. The van der Waals surface area contributed by atoms with Crippen LogP contribution in [0.3, 0.4) is 0 Å². The molecule has 2 atom stereocenters. The second-order valence-corrected chi connectivity index (χ2v) is 4.96. The lowest BCUT2D eigenvalue weighted by Crippen LogP contribution is -2.38. The Balaban J connectivity index is 0.00000484. The molecule has 8 heteroatoms. The molecule has 0 spiro atoms. The zero-order valence-corrected chi connectivity index (χ0v) is 14.2. The SMILES string of the molecule is CCOc1cc(CNC(=O)C(C)C(C)N)ccc1OC(F)F.Cl. The maximum atomic E-state index is 12.3. The van der Waals surface area contributed by atoms with Gasteiger partial charge in [-0.25, -0.2) is 0 Å². The monoisotopic (exact) mass is 352 g/mol. The molecule has 1 rings (SSSR count). The standard InChI is InChI=1S/C15H22F2N2O3.ClH/c1-4-21-13-7-11(5-6-12(13)22-15(16)17)8-19-14(20)9(2)10(3)18;/h5-7,9-10,15H,4,8,18H2,1-3H3,(H,19,20);1H. The summed E-state index contributed by atoms with van der Waals surface area (Å²) in [5, 5.41) is 2.75. The molecular formula is C15H23ClF2N2O3. The zero-order valence-electron chi connectivity index (χ0n) is 13.3. The van der Waals surface area contributed by atoms with Gasteiger partial charge in [-0.3, -0.25) is 4.79 Å². The second kappa shape index (κ2) is 10.2. The first-order valence-corrected chi connectivity index (χ1v) is 7.09. The number of ether oxygens (including phenoxy) is 2. The predicted octanol–water partition coefficient (Wildman–Crippen LogP) is 2.71. The molecule has 23 heavy (non-hydrogen) atoms. The van der Waals surface area contributed by atoms with Crippen molar-refractivity contribution in [1.82, 2.24) is 5.32 Å². The van der Waals surface area contributed by atoms with Gasteiger partial charge in [0.05, 0.1) is 6.61 Å². The van der Waals surface area contributed by atoms with Gasteiger partial charge < -0.3 is 20.5 Å². The third-order valence-electron chi connectivity index (χ3n) is 3.19. The van der Waals surface area contributed by atoms with Crippen LogP contribution in [-0.4, -0.2) is 25.2 Å². The summed E-state index contributed by atoms with van der Waals surface area (Å²) < 4.78 is 34.3. The summed E-state index contributed by atoms with van der Waals surface area (Å²) >= 11 is 0. The van der Waals surface area contributed by atoms with Crippen molar-refractivity contribution >= 4 is 18.3 Å². The van der Waals surface area contributed by atoms with Crippen LogP contribution >= 0.6 is 12.4 Å². The number of hydrogen-bond donors (Lipinski definition) is 2. The van der Waals surface area contributed by atoms with Crippen molar-refractivity contribution in [3.63, 3.8) is 0 Å². The van der Waals surface area contributed by atoms with Gasteiger partial charge in [0.25, 0.3) is 0 Å². The van der Waals surface area contributed by atoms with E-state index in [9.17, 15) is 13.6 Å². The minimum Gasteiger partial charge on any atom is -0.490 e. The molecule has 3 N–H and O–H groups in total. The van der Waals surface area contributed by atoms with Gasteiger partial charge in [-0.05, 0) is 31.5 Å². The molecule has 0 saturated carbocycles. The highest BCUT2D eigenvalue weighted by Gasteiger charge is 2.17. The Morgan fingerprint density at radius 3 is 2.48 bits per heavy atom. The van der Waals surface area contributed by atoms with Crippen LogP contribution in [-0.2, 0) is 11.3 Å². The summed E-state index contributed by atoms with van der Waals surface area (Å²) in [5.74, 6) is -0.292. The molecule has 0 radical (unpaired) electrons. The summed E-state index contributed by atoms with van der Waals surface area (Å²) in [7, 11) is 0. The van der Waals surface area contributed by atoms with Gasteiger partial charge in [-0.2, -0.15) is 8.78 Å². The summed E-state index contributed by atoms with van der Waals surface area (Å²) in [6, 6.07) is 4.31. The van der Waals surface area contributed by atoms with Crippen LogP contribution in [0.15, 0.2) is 18.2 Å². The molecular weight excluding hydrogens is 330 g/mol. The molecule has 0 aliphatic rings. The van der Waals surface area contributed by atoms with E-state index >= 15 is 0 Å². The van der Waals surface area contributed by atoms with Gasteiger partial charge in [-0.1, -0.05) is 13.0 Å². The fourth-order valence-electron chi connectivity index (χ4n) is 1.71. The molecule has 5 nitrogen and oxygen atoms in total. The van der Waals surface area contributed by atoms with Crippen molar-refractivity contribution in [2.24, 2.45) is 11.7 Å². The predicted molar refractivity (Wildman–Crippen MR) is 86.2 cm³/mol. The van der Waals surface area contributed by atoms with Crippen LogP contribution in [0.2, 0.25) is 0 Å². The van der Waals surface area contributed by atoms with Crippen molar-refractivity contribution in [3.8, 4) is 11.5 Å². The number of alkyl halides is 2. The van der Waals surface area contributed by atoms with Crippen LogP contribution in [0, 0.1) is 5.92 Å². The number of carbonyl (C=O) groups excluding carboxylic acids is 1. The molecule has 1 amide bonds. The summed E-state index contributed by atoms with van der Waals surface area (Å²) in [6.07, 6.45) is 0. The van der Waals surface area contributed by atoms with Crippen molar-refractivity contribution < 1.29 is 23.0 Å². The molecule has 0 heterocycles. The van der Waals surface area contributed by atoms with E-state index in [4.69, 9.17) is 10.5 Å². The van der Waals surface area contributed by atoms with Crippen molar-refractivity contribution in [2.75, 3.05) is 6.61 Å². The largest absolute Gasteiger partial charge is 0.490 e. The Bertz CT molecular complexity index is 502. The van der Waals surface area contributed by atoms with Crippen LogP contribution < -0.4 is 20.5 Å². The number of nitrogens with two attached hydrogens (primary N) is 1. The first-order valence-electron chi connectivity index (χ1n) is 7.09. The Morgan fingerprint density at radius 2 is 1.96 bits per heavy atom. The average molecular weight is 353 g/mol. The van der Waals surface area contributed by atoms with Crippen molar-refractivity contribution in [3.05, 3.63) is 23.8 Å². The minimum atomic E-state index is -2.92. The minimum absolute atomic E-state index is 0. The van der Waals surface area contributed by atoms with Gasteiger partial charge in [0.1, 0.15) is 0 Å². The number of benzene rings is 1. The van der Waals surface area contributed by atoms with E-state index in [1.54, 1.807) is 32.9 Å². The molecule has 0 fully saturated rings. The number of hydrogen-bond acceptors (Lipinski definition) is 4. The highest BCUT2D eigenvalue weighted by molar-refractivity contribution is 5.85. The first kappa shape index (κ1) is 21.4. The second-order valence-electron chi connectivity index (χ2n) is 4.96. The Hall–Kier alpha value is -1.60. The fraction of sp³-hybridized carbons (Fsp3) is 0.533. The lowest BCUT2D eigenvalue weighted by Gasteiger charge is -2.16. The molecule has 1 aromatic carbocycles. The van der Waals surface area contributed by atoms with Crippen LogP contribution in [0.4, 0.5) is 8.78 Å². The van der Waals surface area contributed by atoms with Gasteiger partial charge in [0.15, 0.2) is 11.5 Å². The van der Waals surface area contributed by atoms with E-state index in [1.165, 1.54) is 6.07 Å². The van der Waals surface area contributed by atoms with Crippen LogP contribution in [0.1, 0.15) is 26.3 Å². The van der Waals surface area contributed by atoms with E-state index in [-0.39, 0.29) is 48.3 Å². The Morgan fingerprint density at radius 1 is 1.30 bits per heavy atom. The lowest BCUT2D eigenvalue weighted by molar-refractivity contribution is -0.125. The summed E-state index contributed by atoms with van der Waals surface area (Å²) in [5.41, 5.74) is 6.39. The Kier molecular flexibility index (Phi) is 9.52. The van der Waals surface area contributed by atoms with Crippen molar-refractivity contribution in [1.29, 1.82) is 0 Å². The number of halogens is 3. The summed E-state index contributed by atoms with van der Waals surface area (Å²) in [6.45, 7) is 2.89. The molecule has 0 aliphatic carbocycles. The highest BCUT2D eigenvalue weighted by Crippen LogP contribution is 2.29. The van der Waals surface area contributed by atoms with Gasteiger partial charge in [0, 0.05) is 18.5 Å². The number of amides is 1. The number of nitrogens with one attached hydrogen (secondary N) is 1. The van der Waals surface area contributed by atoms with E-state index in [0.717, 1.165) is 5.56 Å². The maximum absolute atomic E-state index is 12.3. The van der Waals surface area contributed by atoms with Crippen LogP contribution in [0.5, 0.6) is 11.5 Å². The van der Waals surface area contributed by atoms with Gasteiger partial charge >= 0.3 is 6.61 Å². The number of rotatable bonds is 8. The molecule has 0 bridgehead atoms. The molecule has 132 valence electrons. The quantitative estimate of drug-likeness (QED) is 0.754. The third kappa shape index (κ3) is 7.00. The van der Waals surface area contributed by atoms with Crippen LogP contribution in [0.25, 0.3) is 0 Å². The van der Waals surface area contributed by atoms with E-state index in [0.29, 0.717) is 6.61 Å². The smallest absolute Gasteiger partial charge is 0.387 e. The molecule has 2 unspecified atom stereocenters. The molecule has 0 aliphatic heterocycles. The zero-order chi connectivity index (χ0) is 16.7. The van der Waals surface area contributed by atoms with Gasteiger partial charge in [-0.15, -0.1) is 12.4 Å². The molecule has 1 aromatic rings. The fourth-order valence-corrected chi connectivity index (χ4v) is 1.71. The maximum Gasteiger partial charge on any atom is 0.387 e. The van der Waals surface area contributed by atoms with Crippen molar-refractivity contribution in [2.45, 2.75) is 40.0 Å². The Labute approximate surface area is 140 Å². The highest BCUT2D eigenvalue weighted by atomic mass is 35.5. The normalized spacial score (nSPS) is 13.0. The van der Waals surface area contributed by atoms with Gasteiger partial charge in [0.2, 0.25) is 5.91 Å². The first-order chi connectivity index (χ1) is 10.3. The topological polar surface area (TPSA) is 73.6 Å². The third-order valence-corrected chi connectivity index (χ3v) is 3.19. The number of carbonyl (C=O) groups is 1. The average Bonchev–Trinajstić information content (AvgIpc) is 2.46.